The van der Waals surface area contributed by atoms with Crippen LogP contribution in [-0.2, 0) is 19.1 Å². The molecule has 1 aliphatic heterocycles. The van der Waals surface area contributed by atoms with Gasteiger partial charge in [0.05, 0.1) is 38.4 Å². The minimum atomic E-state index is -2.71. The van der Waals surface area contributed by atoms with E-state index in [-0.39, 0.29) is 37.7 Å². The standard InChI is InChI=1S/C20H31F2N3O4/c1-6-28-16(26)9-19(4,5)24-17(27)13(2)23-18(29-10-15-7-8-15)14(3)25-11-20(21,22)12-25/h15H,6-12H2,1-5H3,(H,24,27)/b18-14-,23-13?. The first-order valence-corrected chi connectivity index (χ1v) is 9.92. The topological polar surface area (TPSA) is 80.2 Å². The molecule has 1 N–H and O–H groups in total. The second kappa shape index (κ2) is 9.09. The molecule has 29 heavy (non-hydrogen) atoms. The fraction of sp³-hybridized carbons (Fsp3) is 0.750. The summed E-state index contributed by atoms with van der Waals surface area (Å²) in [4.78, 5) is 30.0. The molecule has 1 saturated heterocycles. The molecule has 1 aliphatic carbocycles. The number of hydrogen-bond donors (Lipinski definition) is 1. The molecule has 0 aromatic heterocycles. The Balaban J connectivity index is 2.07. The maximum Gasteiger partial charge on any atom is 0.308 e. The van der Waals surface area contributed by atoms with E-state index in [9.17, 15) is 18.4 Å². The number of ether oxygens (including phenoxy) is 2. The van der Waals surface area contributed by atoms with Crippen molar-refractivity contribution in [3.8, 4) is 0 Å². The Labute approximate surface area is 170 Å². The first-order valence-electron chi connectivity index (χ1n) is 9.92. The van der Waals surface area contributed by atoms with Crippen molar-refractivity contribution in [2.45, 2.75) is 65.3 Å². The van der Waals surface area contributed by atoms with E-state index in [4.69, 9.17) is 9.47 Å². The lowest BCUT2D eigenvalue weighted by molar-refractivity contribution is -0.144. The first-order chi connectivity index (χ1) is 13.4. The molecule has 2 rings (SSSR count). The highest BCUT2D eigenvalue weighted by molar-refractivity contribution is 6.38. The third kappa shape index (κ3) is 7.29. The van der Waals surface area contributed by atoms with E-state index < -0.39 is 23.3 Å². The van der Waals surface area contributed by atoms with Crippen molar-refractivity contribution in [1.29, 1.82) is 0 Å². The quantitative estimate of drug-likeness (QED) is 0.337. The SMILES string of the molecule is CCOC(=O)CC(C)(C)NC(=O)C(C)=N/C(OCC1CC1)=C(\C)N1CC(F)(F)C1. The summed E-state index contributed by atoms with van der Waals surface area (Å²) in [5.74, 6) is -2.95. The summed E-state index contributed by atoms with van der Waals surface area (Å²) in [6.45, 7) is 8.27. The van der Waals surface area contributed by atoms with E-state index in [1.165, 1.54) is 11.8 Å². The molecule has 0 spiro atoms. The van der Waals surface area contributed by atoms with Crippen molar-refractivity contribution < 1.29 is 27.8 Å². The maximum atomic E-state index is 13.2. The number of aliphatic imine (C=N–C) groups is 1. The van der Waals surface area contributed by atoms with Gasteiger partial charge in [-0.25, -0.2) is 13.8 Å². The van der Waals surface area contributed by atoms with Crippen molar-refractivity contribution in [1.82, 2.24) is 10.2 Å². The molecule has 9 heteroatoms. The Morgan fingerprint density at radius 2 is 1.83 bits per heavy atom. The Hall–Kier alpha value is -2.19. The lowest BCUT2D eigenvalue weighted by atomic mass is 10.0. The minimum absolute atomic E-state index is 0.0165. The fourth-order valence-corrected chi connectivity index (χ4v) is 2.80. The van der Waals surface area contributed by atoms with Gasteiger partial charge in [-0.3, -0.25) is 9.59 Å². The molecule has 1 heterocycles. The molecule has 0 aromatic rings. The molecule has 7 nitrogen and oxygen atoms in total. The van der Waals surface area contributed by atoms with Crippen LogP contribution >= 0.6 is 0 Å². The van der Waals surface area contributed by atoms with E-state index in [0.29, 0.717) is 18.2 Å². The van der Waals surface area contributed by atoms with Crippen LogP contribution in [0.3, 0.4) is 0 Å². The third-order valence-electron chi connectivity index (χ3n) is 4.72. The van der Waals surface area contributed by atoms with Crippen molar-refractivity contribution in [2.24, 2.45) is 10.9 Å². The van der Waals surface area contributed by atoms with Crippen molar-refractivity contribution in [3.05, 3.63) is 11.6 Å². The highest BCUT2D eigenvalue weighted by Gasteiger charge is 2.44. The van der Waals surface area contributed by atoms with Gasteiger partial charge >= 0.3 is 5.97 Å². The highest BCUT2D eigenvalue weighted by Crippen LogP contribution is 2.33. The summed E-state index contributed by atoms with van der Waals surface area (Å²) in [6, 6.07) is 0. The number of nitrogens with one attached hydrogen (secondary N) is 1. The maximum absolute atomic E-state index is 13.2. The number of alkyl halides is 2. The molecule has 1 amide bonds. The summed E-state index contributed by atoms with van der Waals surface area (Å²) in [5, 5.41) is 2.75. The molecular formula is C20H31F2N3O4. The van der Waals surface area contributed by atoms with E-state index in [2.05, 4.69) is 10.3 Å². The number of hydrogen-bond acceptors (Lipinski definition) is 6. The lowest BCUT2D eigenvalue weighted by Crippen LogP contribution is -2.55. The van der Waals surface area contributed by atoms with Crippen LogP contribution in [0, 0.1) is 5.92 Å². The van der Waals surface area contributed by atoms with Gasteiger partial charge in [0.25, 0.3) is 11.8 Å². The average Bonchev–Trinajstić information content (AvgIpc) is 3.38. The molecule has 0 unspecified atom stereocenters. The zero-order valence-electron chi connectivity index (χ0n) is 17.8. The Bertz CT molecular complexity index is 692. The zero-order valence-corrected chi connectivity index (χ0v) is 17.8. The smallest absolute Gasteiger partial charge is 0.308 e. The lowest BCUT2D eigenvalue weighted by Gasteiger charge is -2.41. The van der Waals surface area contributed by atoms with Gasteiger partial charge in [-0.2, -0.15) is 0 Å². The minimum Gasteiger partial charge on any atom is -0.476 e. The number of allylic oxidation sites excluding steroid dienone is 1. The van der Waals surface area contributed by atoms with Gasteiger partial charge in [0.2, 0.25) is 5.88 Å². The molecule has 0 radical (unpaired) electrons. The molecule has 1 saturated carbocycles. The Kier molecular flexibility index (Phi) is 7.24. The summed E-state index contributed by atoms with van der Waals surface area (Å²) >= 11 is 0. The van der Waals surface area contributed by atoms with Crippen LogP contribution in [0.25, 0.3) is 0 Å². The van der Waals surface area contributed by atoms with Crippen LogP contribution in [0.4, 0.5) is 8.78 Å². The Morgan fingerprint density at radius 1 is 1.21 bits per heavy atom. The van der Waals surface area contributed by atoms with Gasteiger partial charge < -0.3 is 19.7 Å². The highest BCUT2D eigenvalue weighted by atomic mass is 19.3. The number of carbonyl (C=O) groups excluding carboxylic acids is 2. The van der Waals surface area contributed by atoms with Crippen LogP contribution in [-0.4, -0.2) is 60.3 Å². The summed E-state index contributed by atoms with van der Waals surface area (Å²) in [7, 11) is 0. The molecule has 0 bridgehead atoms. The molecule has 0 aromatic carbocycles. The van der Waals surface area contributed by atoms with Crippen LogP contribution in [0.5, 0.6) is 0 Å². The summed E-state index contributed by atoms with van der Waals surface area (Å²) in [5.41, 5.74) is -0.221. The number of nitrogens with zero attached hydrogens (tertiary/aromatic N) is 2. The van der Waals surface area contributed by atoms with Gasteiger partial charge in [-0.15, -0.1) is 0 Å². The predicted octanol–water partition coefficient (Wildman–Crippen LogP) is 2.86. The van der Waals surface area contributed by atoms with Crippen molar-refractivity contribution in [2.75, 3.05) is 26.3 Å². The number of likely N-dealkylation sites (tertiary alicyclic amines) is 1. The average molecular weight is 415 g/mol. The van der Waals surface area contributed by atoms with Crippen LogP contribution in [0.15, 0.2) is 16.6 Å². The van der Waals surface area contributed by atoms with Crippen molar-refractivity contribution >= 4 is 17.6 Å². The predicted molar refractivity (Wildman–Crippen MR) is 104 cm³/mol. The fourth-order valence-electron chi connectivity index (χ4n) is 2.80. The van der Waals surface area contributed by atoms with E-state index in [1.807, 2.05) is 0 Å². The van der Waals surface area contributed by atoms with E-state index in [1.54, 1.807) is 27.7 Å². The number of carbonyl (C=O) groups is 2. The molecule has 2 aliphatic rings. The summed E-state index contributed by atoms with van der Waals surface area (Å²) in [6.07, 6.45) is 2.15. The van der Waals surface area contributed by atoms with Gasteiger partial charge in [0.1, 0.15) is 5.71 Å². The Morgan fingerprint density at radius 3 is 2.34 bits per heavy atom. The first kappa shape index (κ1) is 23.1. The van der Waals surface area contributed by atoms with E-state index >= 15 is 0 Å². The van der Waals surface area contributed by atoms with Gasteiger partial charge in [0, 0.05) is 5.54 Å². The number of esters is 1. The zero-order chi connectivity index (χ0) is 21.8. The number of rotatable bonds is 10. The molecule has 2 fully saturated rings. The second-order valence-corrected chi connectivity index (χ2v) is 8.37. The second-order valence-electron chi connectivity index (χ2n) is 8.37. The van der Waals surface area contributed by atoms with Crippen molar-refractivity contribution in [3.63, 3.8) is 0 Å². The largest absolute Gasteiger partial charge is 0.476 e. The normalized spacial score (nSPS) is 19.8. The van der Waals surface area contributed by atoms with Crippen LogP contribution in [0.2, 0.25) is 0 Å². The van der Waals surface area contributed by atoms with Gasteiger partial charge in [-0.1, -0.05) is 0 Å². The molecular weight excluding hydrogens is 384 g/mol. The van der Waals surface area contributed by atoms with Gasteiger partial charge in [0.15, 0.2) is 0 Å². The number of halogens is 2. The van der Waals surface area contributed by atoms with Crippen LogP contribution < -0.4 is 5.32 Å². The van der Waals surface area contributed by atoms with Gasteiger partial charge in [-0.05, 0) is 53.4 Å². The third-order valence-corrected chi connectivity index (χ3v) is 4.72. The number of amides is 1. The summed E-state index contributed by atoms with van der Waals surface area (Å²) < 4.78 is 37.1. The monoisotopic (exact) mass is 415 g/mol. The molecule has 164 valence electrons. The van der Waals surface area contributed by atoms with E-state index in [0.717, 1.165) is 12.8 Å². The van der Waals surface area contributed by atoms with Crippen LogP contribution in [0.1, 0.15) is 53.9 Å². The molecule has 0 atom stereocenters.